The van der Waals surface area contributed by atoms with Gasteiger partial charge in [-0.15, -0.1) is 0 Å². The van der Waals surface area contributed by atoms with Crippen molar-refractivity contribution in [2.75, 3.05) is 12.2 Å². The Bertz CT molecular complexity index is 717. The van der Waals surface area contributed by atoms with Gasteiger partial charge in [-0.2, -0.15) is 5.10 Å². The summed E-state index contributed by atoms with van der Waals surface area (Å²) in [4.78, 5) is 0. The molecule has 1 aliphatic rings. The molecule has 6 heteroatoms. The van der Waals surface area contributed by atoms with Gasteiger partial charge in [0.05, 0.1) is 11.4 Å². The van der Waals surface area contributed by atoms with E-state index in [1.54, 1.807) is 19.1 Å². The molecule has 0 saturated heterocycles. The number of anilines is 1. The van der Waals surface area contributed by atoms with Gasteiger partial charge in [-0.25, -0.2) is 8.78 Å². The number of hydrazone groups is 1. The van der Waals surface area contributed by atoms with Gasteiger partial charge in [0.25, 0.3) is 0 Å². The van der Waals surface area contributed by atoms with Crippen molar-refractivity contribution in [1.29, 1.82) is 0 Å². The molecule has 1 N–H and O–H groups in total. The summed E-state index contributed by atoms with van der Waals surface area (Å²) in [5, 5.41) is 4.09. The zero-order chi connectivity index (χ0) is 14.8. The summed E-state index contributed by atoms with van der Waals surface area (Å²) < 4.78 is 36.8. The largest absolute Gasteiger partial charge is 0.454 e. The van der Waals surface area contributed by atoms with Gasteiger partial charge in [0.15, 0.2) is 17.3 Å². The van der Waals surface area contributed by atoms with Gasteiger partial charge in [0.1, 0.15) is 5.82 Å². The molecule has 0 aliphatic carbocycles. The molecule has 2 aromatic carbocycles. The van der Waals surface area contributed by atoms with Gasteiger partial charge in [-0.3, -0.25) is 5.43 Å². The molecule has 1 aliphatic heterocycles. The molecule has 0 bridgehead atoms. The fourth-order valence-corrected chi connectivity index (χ4v) is 1.91. The molecule has 1 heterocycles. The number of nitrogens with zero attached hydrogens (tertiary/aromatic N) is 1. The second-order valence-electron chi connectivity index (χ2n) is 4.50. The molecular formula is C15H12F2N2O2. The third-order valence-corrected chi connectivity index (χ3v) is 3.07. The first-order valence-electron chi connectivity index (χ1n) is 6.29. The van der Waals surface area contributed by atoms with Gasteiger partial charge in [-0.1, -0.05) is 0 Å². The van der Waals surface area contributed by atoms with Crippen LogP contribution in [0.4, 0.5) is 14.5 Å². The quantitative estimate of drug-likeness (QED) is 0.694. The normalized spacial score (nSPS) is 13.4. The Morgan fingerprint density at radius 2 is 1.90 bits per heavy atom. The number of hydrogen-bond acceptors (Lipinski definition) is 4. The number of fused-ring (bicyclic) bond motifs is 1. The predicted octanol–water partition coefficient (Wildman–Crippen LogP) is 3.53. The van der Waals surface area contributed by atoms with Gasteiger partial charge < -0.3 is 9.47 Å². The molecule has 2 aromatic rings. The van der Waals surface area contributed by atoms with E-state index in [-0.39, 0.29) is 12.5 Å². The van der Waals surface area contributed by atoms with Crippen molar-refractivity contribution in [3.05, 3.63) is 53.6 Å². The van der Waals surface area contributed by atoms with Gasteiger partial charge in [0, 0.05) is 11.6 Å². The van der Waals surface area contributed by atoms with Crippen molar-refractivity contribution in [2.45, 2.75) is 6.92 Å². The van der Waals surface area contributed by atoms with Crippen LogP contribution in [-0.4, -0.2) is 12.5 Å². The highest BCUT2D eigenvalue weighted by atomic mass is 19.1. The number of rotatable bonds is 3. The Labute approximate surface area is 120 Å². The lowest BCUT2D eigenvalue weighted by Crippen LogP contribution is -2.01. The summed E-state index contributed by atoms with van der Waals surface area (Å²) in [6.45, 7) is 1.97. The molecule has 0 amide bonds. The minimum atomic E-state index is -0.697. The number of benzene rings is 2. The maximum atomic E-state index is 13.5. The lowest BCUT2D eigenvalue weighted by molar-refractivity contribution is 0.174. The molecule has 0 aromatic heterocycles. The van der Waals surface area contributed by atoms with Crippen LogP contribution in [0.2, 0.25) is 0 Å². The van der Waals surface area contributed by atoms with Crippen LogP contribution in [0.1, 0.15) is 12.5 Å². The lowest BCUT2D eigenvalue weighted by Gasteiger charge is -2.05. The summed E-state index contributed by atoms with van der Waals surface area (Å²) in [7, 11) is 0. The van der Waals surface area contributed by atoms with E-state index in [2.05, 4.69) is 10.5 Å². The van der Waals surface area contributed by atoms with E-state index in [1.165, 1.54) is 6.07 Å². The topological polar surface area (TPSA) is 42.9 Å². The van der Waals surface area contributed by atoms with Crippen molar-refractivity contribution < 1.29 is 18.3 Å². The Morgan fingerprint density at radius 1 is 1.10 bits per heavy atom. The zero-order valence-corrected chi connectivity index (χ0v) is 11.2. The van der Waals surface area contributed by atoms with E-state index >= 15 is 0 Å². The number of halogens is 2. The van der Waals surface area contributed by atoms with Gasteiger partial charge in [0.2, 0.25) is 6.79 Å². The standard InChI is InChI=1S/C15H12F2N2O2/c1-9(10-2-5-14-15(6-10)21-8-20-14)18-19-13-4-3-11(16)7-12(13)17/h2-7,19H,8H2,1H3/b18-9+. The van der Waals surface area contributed by atoms with E-state index in [0.717, 1.165) is 17.7 Å². The summed E-state index contributed by atoms with van der Waals surface area (Å²) >= 11 is 0. The van der Waals surface area contributed by atoms with Crippen LogP contribution in [0.15, 0.2) is 41.5 Å². The van der Waals surface area contributed by atoms with E-state index in [9.17, 15) is 8.78 Å². The smallest absolute Gasteiger partial charge is 0.231 e. The van der Waals surface area contributed by atoms with Crippen LogP contribution >= 0.6 is 0 Å². The highest BCUT2D eigenvalue weighted by Crippen LogP contribution is 2.32. The van der Waals surface area contributed by atoms with Crippen LogP contribution in [0, 0.1) is 11.6 Å². The third kappa shape index (κ3) is 2.79. The molecule has 0 unspecified atom stereocenters. The van der Waals surface area contributed by atoms with Crippen molar-refractivity contribution in [3.63, 3.8) is 0 Å². The Morgan fingerprint density at radius 3 is 2.71 bits per heavy atom. The minimum Gasteiger partial charge on any atom is -0.454 e. The summed E-state index contributed by atoms with van der Waals surface area (Å²) in [5.41, 5.74) is 4.14. The Hall–Kier alpha value is -2.63. The average Bonchev–Trinajstić information content (AvgIpc) is 2.93. The molecular weight excluding hydrogens is 278 g/mol. The summed E-state index contributed by atoms with van der Waals surface area (Å²) in [5.74, 6) is 0.00543. The fourth-order valence-electron chi connectivity index (χ4n) is 1.91. The second-order valence-corrected chi connectivity index (χ2v) is 4.50. The van der Waals surface area contributed by atoms with Gasteiger partial charge in [-0.05, 0) is 37.3 Å². The van der Waals surface area contributed by atoms with Crippen LogP contribution in [0.5, 0.6) is 11.5 Å². The zero-order valence-electron chi connectivity index (χ0n) is 11.2. The van der Waals surface area contributed by atoms with E-state index in [4.69, 9.17) is 9.47 Å². The highest BCUT2D eigenvalue weighted by Gasteiger charge is 2.14. The van der Waals surface area contributed by atoms with E-state index in [0.29, 0.717) is 17.2 Å². The Balaban J connectivity index is 1.79. The van der Waals surface area contributed by atoms with E-state index < -0.39 is 11.6 Å². The monoisotopic (exact) mass is 290 g/mol. The molecule has 4 nitrogen and oxygen atoms in total. The minimum absolute atomic E-state index is 0.108. The number of nitrogens with one attached hydrogen (secondary N) is 1. The molecule has 21 heavy (non-hydrogen) atoms. The Kier molecular flexibility index (Phi) is 3.43. The maximum absolute atomic E-state index is 13.5. The van der Waals surface area contributed by atoms with Crippen LogP contribution in [0.3, 0.4) is 0 Å². The van der Waals surface area contributed by atoms with Crippen molar-refractivity contribution in [1.82, 2.24) is 0 Å². The van der Waals surface area contributed by atoms with Crippen molar-refractivity contribution >= 4 is 11.4 Å². The molecule has 3 rings (SSSR count). The number of ether oxygens (including phenoxy) is 2. The molecule has 0 saturated carbocycles. The lowest BCUT2D eigenvalue weighted by atomic mass is 10.1. The second kappa shape index (κ2) is 5.40. The van der Waals surface area contributed by atoms with Crippen LogP contribution in [-0.2, 0) is 0 Å². The van der Waals surface area contributed by atoms with Gasteiger partial charge >= 0.3 is 0 Å². The van der Waals surface area contributed by atoms with Crippen LogP contribution < -0.4 is 14.9 Å². The first-order chi connectivity index (χ1) is 10.1. The summed E-state index contributed by atoms with van der Waals surface area (Å²) in [6.07, 6.45) is 0. The molecule has 0 radical (unpaired) electrons. The molecule has 108 valence electrons. The first kappa shape index (κ1) is 13.4. The van der Waals surface area contributed by atoms with Crippen molar-refractivity contribution in [2.24, 2.45) is 5.10 Å². The highest BCUT2D eigenvalue weighted by molar-refractivity contribution is 5.99. The predicted molar refractivity (Wildman–Crippen MR) is 74.8 cm³/mol. The average molecular weight is 290 g/mol. The molecule has 0 spiro atoms. The van der Waals surface area contributed by atoms with E-state index in [1.807, 2.05) is 6.07 Å². The van der Waals surface area contributed by atoms with Crippen molar-refractivity contribution in [3.8, 4) is 11.5 Å². The molecule has 0 fully saturated rings. The number of hydrogen-bond donors (Lipinski definition) is 1. The SMILES string of the molecule is C/C(=N\Nc1ccc(F)cc1F)c1ccc2c(c1)OCO2. The summed E-state index contributed by atoms with van der Waals surface area (Å²) in [6, 6.07) is 8.67. The third-order valence-electron chi connectivity index (χ3n) is 3.07. The van der Waals surface area contributed by atoms with Crippen LogP contribution in [0.25, 0.3) is 0 Å². The fraction of sp³-hybridized carbons (Fsp3) is 0.133. The maximum Gasteiger partial charge on any atom is 0.231 e. The first-order valence-corrected chi connectivity index (χ1v) is 6.29. The molecule has 0 atom stereocenters.